The van der Waals surface area contributed by atoms with Crippen LogP contribution < -0.4 is 5.32 Å². The lowest BCUT2D eigenvalue weighted by atomic mass is 10.00. The average molecular weight is 191 g/mol. The zero-order valence-corrected chi connectivity index (χ0v) is 8.61. The van der Waals surface area contributed by atoms with Gasteiger partial charge in [-0.2, -0.15) is 0 Å². The summed E-state index contributed by atoms with van der Waals surface area (Å²) in [6.07, 6.45) is 1.08. The van der Waals surface area contributed by atoms with Crippen molar-refractivity contribution < 1.29 is 8.78 Å². The van der Waals surface area contributed by atoms with Gasteiger partial charge in [0.2, 0.25) is 0 Å². The molecule has 0 aromatic rings. The molecule has 0 heterocycles. The van der Waals surface area contributed by atoms with Gasteiger partial charge < -0.3 is 5.32 Å². The highest BCUT2D eigenvalue weighted by atomic mass is 19.3. The minimum Gasteiger partial charge on any atom is -0.304 e. The molecule has 0 radical (unpaired) electrons. The van der Waals surface area contributed by atoms with Crippen molar-refractivity contribution in [2.75, 3.05) is 0 Å². The summed E-state index contributed by atoms with van der Waals surface area (Å²) in [6.45, 7) is 5.28. The molecule has 0 aliphatic heterocycles. The molecule has 0 bridgehead atoms. The van der Waals surface area contributed by atoms with Gasteiger partial charge in [-0.3, -0.25) is 0 Å². The lowest BCUT2D eigenvalue weighted by Crippen LogP contribution is -2.51. The molecule has 0 aromatic carbocycles. The van der Waals surface area contributed by atoms with Crippen LogP contribution in [0, 0.1) is 5.92 Å². The van der Waals surface area contributed by atoms with Gasteiger partial charge in [-0.15, -0.1) is 0 Å². The summed E-state index contributed by atoms with van der Waals surface area (Å²) in [4.78, 5) is 0. The van der Waals surface area contributed by atoms with E-state index in [2.05, 4.69) is 12.2 Å². The van der Waals surface area contributed by atoms with E-state index in [9.17, 15) is 8.78 Å². The minimum atomic E-state index is -2.29. The molecule has 0 spiro atoms. The maximum atomic E-state index is 12.5. The maximum absolute atomic E-state index is 12.5. The molecule has 2 unspecified atom stereocenters. The van der Waals surface area contributed by atoms with E-state index in [1.807, 2.05) is 0 Å². The van der Waals surface area contributed by atoms with E-state index in [1.54, 1.807) is 13.8 Å². The molecule has 1 fully saturated rings. The molecular weight excluding hydrogens is 172 g/mol. The predicted molar refractivity (Wildman–Crippen MR) is 50.0 cm³/mol. The topological polar surface area (TPSA) is 12.0 Å². The average Bonchev–Trinajstić information content (AvgIpc) is 2.35. The van der Waals surface area contributed by atoms with Crippen LogP contribution in [0.25, 0.3) is 0 Å². The second-order valence-electron chi connectivity index (χ2n) is 4.68. The van der Waals surface area contributed by atoms with Crippen molar-refractivity contribution in [2.24, 2.45) is 5.92 Å². The van der Waals surface area contributed by atoms with Crippen molar-refractivity contribution >= 4 is 0 Å². The molecular formula is C10H19F2N. The third kappa shape index (κ3) is 2.63. The van der Waals surface area contributed by atoms with Crippen molar-refractivity contribution in [2.45, 2.75) is 58.0 Å². The van der Waals surface area contributed by atoms with E-state index in [0.29, 0.717) is 5.92 Å². The zero-order chi connectivity index (χ0) is 10.1. The zero-order valence-electron chi connectivity index (χ0n) is 8.61. The fourth-order valence-corrected chi connectivity index (χ4v) is 1.90. The Morgan fingerprint density at radius 1 is 1.31 bits per heavy atom. The fraction of sp³-hybridized carbons (Fsp3) is 1.00. The lowest BCUT2D eigenvalue weighted by molar-refractivity contribution is 0.0411. The molecule has 3 heteroatoms. The first-order valence-electron chi connectivity index (χ1n) is 4.99. The van der Waals surface area contributed by atoms with Gasteiger partial charge in [-0.1, -0.05) is 13.3 Å². The summed E-state index contributed by atoms with van der Waals surface area (Å²) >= 11 is 0. The Hall–Kier alpha value is -0.180. The summed E-state index contributed by atoms with van der Waals surface area (Å²) in [6, 6.07) is 0.281. The van der Waals surface area contributed by atoms with E-state index >= 15 is 0 Å². The number of hydrogen-bond acceptors (Lipinski definition) is 1. The van der Waals surface area contributed by atoms with Crippen LogP contribution in [-0.2, 0) is 0 Å². The summed E-state index contributed by atoms with van der Waals surface area (Å²) in [7, 11) is 0. The van der Waals surface area contributed by atoms with Crippen LogP contribution >= 0.6 is 0 Å². The van der Waals surface area contributed by atoms with E-state index in [1.165, 1.54) is 0 Å². The SMILES string of the molecule is CC1CCCC1NC(C)(C)C(F)F. The van der Waals surface area contributed by atoms with Crippen LogP contribution in [0.2, 0.25) is 0 Å². The summed E-state index contributed by atoms with van der Waals surface area (Å²) < 4.78 is 25.1. The fourth-order valence-electron chi connectivity index (χ4n) is 1.90. The first-order chi connectivity index (χ1) is 5.93. The van der Waals surface area contributed by atoms with Gasteiger partial charge >= 0.3 is 0 Å². The Labute approximate surface area is 78.9 Å². The van der Waals surface area contributed by atoms with E-state index in [0.717, 1.165) is 19.3 Å². The van der Waals surface area contributed by atoms with Gasteiger partial charge in [-0.25, -0.2) is 8.78 Å². The smallest absolute Gasteiger partial charge is 0.255 e. The molecule has 0 saturated heterocycles. The standard InChI is InChI=1S/C10H19F2N/c1-7-5-4-6-8(7)13-10(2,3)9(11)12/h7-9,13H,4-6H2,1-3H3. The second kappa shape index (κ2) is 3.91. The maximum Gasteiger partial charge on any atom is 0.255 e. The van der Waals surface area contributed by atoms with Crippen molar-refractivity contribution in [3.8, 4) is 0 Å². The Bertz CT molecular complexity index is 168. The third-order valence-corrected chi connectivity index (χ3v) is 2.96. The van der Waals surface area contributed by atoms with Gasteiger partial charge in [0.05, 0.1) is 5.54 Å². The van der Waals surface area contributed by atoms with E-state index in [-0.39, 0.29) is 6.04 Å². The van der Waals surface area contributed by atoms with Crippen molar-refractivity contribution in [1.29, 1.82) is 0 Å². The van der Waals surface area contributed by atoms with Crippen LogP contribution in [0.1, 0.15) is 40.0 Å². The highest BCUT2D eigenvalue weighted by molar-refractivity contribution is 4.89. The largest absolute Gasteiger partial charge is 0.304 e. The highest BCUT2D eigenvalue weighted by Gasteiger charge is 2.34. The molecule has 0 aromatic heterocycles. The number of nitrogens with one attached hydrogen (secondary N) is 1. The molecule has 1 aliphatic carbocycles. The normalized spacial score (nSPS) is 30.0. The van der Waals surface area contributed by atoms with Gasteiger partial charge in [0.1, 0.15) is 0 Å². The monoisotopic (exact) mass is 191 g/mol. The Morgan fingerprint density at radius 3 is 2.31 bits per heavy atom. The quantitative estimate of drug-likeness (QED) is 0.723. The molecule has 1 saturated carbocycles. The minimum absolute atomic E-state index is 0.281. The van der Waals surface area contributed by atoms with Gasteiger partial charge in [0.15, 0.2) is 0 Å². The number of hydrogen-bond donors (Lipinski definition) is 1. The van der Waals surface area contributed by atoms with E-state index < -0.39 is 12.0 Å². The lowest BCUT2D eigenvalue weighted by Gasteiger charge is -2.31. The summed E-state index contributed by atoms with van der Waals surface area (Å²) in [5.41, 5.74) is -1.04. The van der Waals surface area contributed by atoms with Gasteiger partial charge in [0, 0.05) is 6.04 Å². The second-order valence-corrected chi connectivity index (χ2v) is 4.68. The molecule has 1 nitrogen and oxygen atoms in total. The van der Waals surface area contributed by atoms with Crippen molar-refractivity contribution in [1.82, 2.24) is 5.32 Å². The third-order valence-electron chi connectivity index (χ3n) is 2.96. The van der Waals surface area contributed by atoms with Gasteiger partial charge in [0.25, 0.3) is 6.43 Å². The van der Waals surface area contributed by atoms with Crippen LogP contribution in [0.15, 0.2) is 0 Å². The van der Waals surface area contributed by atoms with E-state index in [4.69, 9.17) is 0 Å². The van der Waals surface area contributed by atoms with Crippen LogP contribution in [0.4, 0.5) is 8.78 Å². The molecule has 0 amide bonds. The van der Waals surface area contributed by atoms with Crippen LogP contribution in [-0.4, -0.2) is 18.0 Å². The predicted octanol–water partition coefficient (Wildman–Crippen LogP) is 2.81. The van der Waals surface area contributed by atoms with Crippen LogP contribution in [0.5, 0.6) is 0 Å². The number of halogens is 2. The molecule has 1 aliphatic rings. The Morgan fingerprint density at radius 2 is 1.92 bits per heavy atom. The summed E-state index contributed by atoms with van der Waals surface area (Å²) in [5.74, 6) is 0.540. The molecule has 2 atom stereocenters. The Kier molecular flexibility index (Phi) is 3.28. The summed E-state index contributed by atoms with van der Waals surface area (Å²) in [5, 5.41) is 3.05. The van der Waals surface area contributed by atoms with Crippen molar-refractivity contribution in [3.05, 3.63) is 0 Å². The molecule has 78 valence electrons. The van der Waals surface area contributed by atoms with Crippen LogP contribution in [0.3, 0.4) is 0 Å². The van der Waals surface area contributed by atoms with Gasteiger partial charge in [-0.05, 0) is 32.6 Å². The van der Waals surface area contributed by atoms with Crippen molar-refractivity contribution in [3.63, 3.8) is 0 Å². The highest BCUT2D eigenvalue weighted by Crippen LogP contribution is 2.28. The number of rotatable bonds is 3. The first kappa shape index (κ1) is 10.9. The first-order valence-corrected chi connectivity index (χ1v) is 4.99. The molecule has 1 rings (SSSR count). The molecule has 1 N–H and O–H groups in total. The number of alkyl halides is 2. The molecule has 13 heavy (non-hydrogen) atoms. The Balaban J connectivity index is 2.47.